The third-order valence-electron chi connectivity index (χ3n) is 6.30. The summed E-state index contributed by atoms with van der Waals surface area (Å²) in [5, 5.41) is 0. The molecule has 0 fully saturated rings. The number of benzene rings is 2. The molecule has 3 aromatic rings. The maximum absolute atomic E-state index is 5.88. The van der Waals surface area contributed by atoms with E-state index >= 15 is 0 Å². The zero-order valence-electron chi connectivity index (χ0n) is 25.6. The van der Waals surface area contributed by atoms with Crippen LogP contribution in [0.3, 0.4) is 0 Å². The zero-order valence-corrected chi connectivity index (χ0v) is 25.6. The molecule has 1 heterocycles. The van der Waals surface area contributed by atoms with Gasteiger partial charge < -0.3 is 15.2 Å². The second-order valence-corrected chi connectivity index (χ2v) is 9.49. The maximum Gasteiger partial charge on any atom is 0.328 e. The summed E-state index contributed by atoms with van der Waals surface area (Å²) in [5.74, 6) is 2.09. The van der Waals surface area contributed by atoms with Gasteiger partial charge in [-0.3, -0.25) is 0 Å². The number of nitrogens with two attached hydrogens (primary N) is 1. The number of hydrogen-bond donors (Lipinski definition) is 1. The van der Waals surface area contributed by atoms with Crippen molar-refractivity contribution < 1.29 is 9.47 Å². The minimum absolute atomic E-state index is 0.266. The molecule has 6 heteroatoms. The van der Waals surface area contributed by atoms with Gasteiger partial charge in [-0.25, -0.2) is 0 Å². The lowest BCUT2D eigenvalue weighted by Crippen LogP contribution is -2.03. The second kappa shape index (κ2) is 25.0. The van der Waals surface area contributed by atoms with Crippen LogP contribution in [0, 0.1) is 0 Å². The first kappa shape index (κ1) is 35.0. The van der Waals surface area contributed by atoms with Crippen molar-refractivity contribution in [2.45, 2.75) is 117 Å². The number of hydrogen-bond acceptors (Lipinski definition) is 6. The van der Waals surface area contributed by atoms with Crippen molar-refractivity contribution in [3.05, 3.63) is 66.5 Å². The third-order valence-corrected chi connectivity index (χ3v) is 6.30. The van der Waals surface area contributed by atoms with Crippen molar-refractivity contribution in [3.8, 4) is 23.5 Å². The molecule has 40 heavy (non-hydrogen) atoms. The van der Waals surface area contributed by atoms with Crippen LogP contribution in [0.5, 0.6) is 23.5 Å². The molecule has 0 spiro atoms. The molecule has 0 bridgehead atoms. The van der Waals surface area contributed by atoms with Gasteiger partial charge in [-0.2, -0.15) is 9.97 Å². The van der Waals surface area contributed by atoms with E-state index in [1.54, 1.807) is 0 Å². The number of nitrogens with zero attached hydrogens (tertiary/aromatic N) is 3. The largest absolute Gasteiger partial charge is 0.424 e. The number of ether oxygens (including phenoxy) is 2. The number of rotatable bonds is 19. The molecule has 0 aliphatic carbocycles. The van der Waals surface area contributed by atoms with E-state index in [-0.39, 0.29) is 12.0 Å². The highest BCUT2D eigenvalue weighted by molar-refractivity contribution is 5.26. The SMILES string of the molecule is CC.CCCCCCCCCCCCCCCCc1nc(Oc2ccccc2)nc(Oc2ccccc2)n1.CN. The quantitative estimate of drug-likeness (QED) is 0.149. The van der Waals surface area contributed by atoms with Gasteiger partial charge in [-0.1, -0.05) is 141 Å². The monoisotopic (exact) mass is 550 g/mol. The van der Waals surface area contributed by atoms with E-state index < -0.39 is 0 Å². The molecule has 0 saturated carbocycles. The van der Waals surface area contributed by atoms with E-state index in [0.29, 0.717) is 17.3 Å². The highest BCUT2D eigenvalue weighted by Gasteiger charge is 2.11. The number of unbranched alkanes of at least 4 members (excludes halogenated alkanes) is 13. The fraction of sp³-hybridized carbons (Fsp3) is 0.559. The van der Waals surface area contributed by atoms with E-state index in [9.17, 15) is 0 Å². The van der Waals surface area contributed by atoms with Crippen LogP contribution in [0.2, 0.25) is 0 Å². The summed E-state index contributed by atoms with van der Waals surface area (Å²) in [7, 11) is 1.50. The highest BCUT2D eigenvalue weighted by Crippen LogP contribution is 2.23. The van der Waals surface area contributed by atoms with E-state index in [1.807, 2.05) is 74.5 Å². The first-order valence-electron chi connectivity index (χ1n) is 15.6. The lowest BCUT2D eigenvalue weighted by Gasteiger charge is -2.09. The van der Waals surface area contributed by atoms with E-state index in [0.717, 1.165) is 12.8 Å². The van der Waals surface area contributed by atoms with Gasteiger partial charge in [0.1, 0.15) is 17.3 Å². The molecule has 0 atom stereocenters. The summed E-state index contributed by atoms with van der Waals surface area (Å²) in [6.07, 6.45) is 19.6. The summed E-state index contributed by atoms with van der Waals surface area (Å²) < 4.78 is 11.8. The molecule has 0 aliphatic heterocycles. The van der Waals surface area contributed by atoms with Gasteiger partial charge >= 0.3 is 12.0 Å². The zero-order chi connectivity index (χ0) is 29.1. The molecule has 0 radical (unpaired) electrons. The van der Waals surface area contributed by atoms with Crippen molar-refractivity contribution in [2.24, 2.45) is 5.73 Å². The van der Waals surface area contributed by atoms with Gasteiger partial charge in [0, 0.05) is 6.42 Å². The Bertz CT molecular complexity index is 895. The molecular formula is C34H54N4O2. The van der Waals surface area contributed by atoms with Gasteiger partial charge in [0.2, 0.25) is 0 Å². The maximum atomic E-state index is 5.88. The van der Waals surface area contributed by atoms with Crippen molar-refractivity contribution in [3.63, 3.8) is 0 Å². The predicted molar refractivity (Wildman–Crippen MR) is 168 cm³/mol. The molecule has 0 aliphatic rings. The summed E-state index contributed by atoms with van der Waals surface area (Å²) in [6.45, 7) is 6.28. The minimum Gasteiger partial charge on any atom is -0.424 e. The summed E-state index contributed by atoms with van der Waals surface area (Å²) >= 11 is 0. The van der Waals surface area contributed by atoms with Gasteiger partial charge in [0.05, 0.1) is 0 Å². The van der Waals surface area contributed by atoms with Crippen LogP contribution in [0.1, 0.15) is 116 Å². The molecule has 2 N–H and O–H groups in total. The fourth-order valence-electron chi connectivity index (χ4n) is 4.25. The van der Waals surface area contributed by atoms with Crippen LogP contribution in [0.4, 0.5) is 0 Å². The Labute approximate surface area is 244 Å². The van der Waals surface area contributed by atoms with Gasteiger partial charge in [0.25, 0.3) is 0 Å². The molecule has 6 nitrogen and oxygen atoms in total. The third kappa shape index (κ3) is 16.9. The Morgan fingerprint density at radius 1 is 0.500 bits per heavy atom. The smallest absolute Gasteiger partial charge is 0.328 e. The van der Waals surface area contributed by atoms with E-state index in [2.05, 4.69) is 27.6 Å². The van der Waals surface area contributed by atoms with Crippen LogP contribution in [-0.4, -0.2) is 22.0 Å². The van der Waals surface area contributed by atoms with Crippen LogP contribution >= 0.6 is 0 Å². The van der Waals surface area contributed by atoms with Crippen molar-refractivity contribution in [1.29, 1.82) is 0 Å². The first-order valence-corrected chi connectivity index (χ1v) is 15.6. The Morgan fingerprint density at radius 3 is 1.23 bits per heavy atom. The Morgan fingerprint density at radius 2 is 0.850 bits per heavy atom. The van der Waals surface area contributed by atoms with E-state index in [1.165, 1.54) is 90.5 Å². The molecular weight excluding hydrogens is 496 g/mol. The second-order valence-electron chi connectivity index (χ2n) is 9.49. The van der Waals surface area contributed by atoms with Crippen molar-refractivity contribution >= 4 is 0 Å². The molecule has 0 saturated heterocycles. The van der Waals surface area contributed by atoms with Crippen LogP contribution in [-0.2, 0) is 6.42 Å². The standard InChI is InChI=1S/C31H43N3O2.C2H6.CH5N/c1-2-3-4-5-6-7-8-9-10-11-12-13-14-21-26-29-32-30(35-27-22-17-15-18-23-27)34-31(33-29)36-28-24-19-16-20-25-28;2*1-2/h15-20,22-25H,2-14,21,26H2,1H3;1-2H3;2H2,1H3. The average molecular weight is 551 g/mol. The minimum atomic E-state index is 0.266. The van der Waals surface area contributed by atoms with Crippen molar-refractivity contribution in [2.75, 3.05) is 7.05 Å². The van der Waals surface area contributed by atoms with Gasteiger partial charge in [-0.05, 0) is 37.7 Å². The Hall–Kier alpha value is -2.99. The lowest BCUT2D eigenvalue weighted by molar-refractivity contribution is 0.391. The van der Waals surface area contributed by atoms with Gasteiger partial charge in [-0.15, -0.1) is 4.98 Å². The van der Waals surface area contributed by atoms with Crippen LogP contribution in [0.25, 0.3) is 0 Å². The number of para-hydroxylation sites is 2. The van der Waals surface area contributed by atoms with Crippen molar-refractivity contribution in [1.82, 2.24) is 15.0 Å². The van der Waals surface area contributed by atoms with Crippen LogP contribution < -0.4 is 15.2 Å². The lowest BCUT2D eigenvalue weighted by atomic mass is 10.0. The molecule has 2 aromatic carbocycles. The Kier molecular flexibility index (Phi) is 21.9. The number of aromatic nitrogens is 3. The summed E-state index contributed by atoms with van der Waals surface area (Å²) in [6, 6.07) is 19.7. The van der Waals surface area contributed by atoms with Gasteiger partial charge in [0.15, 0.2) is 0 Å². The fourth-order valence-corrected chi connectivity index (χ4v) is 4.25. The molecule has 222 valence electrons. The van der Waals surface area contributed by atoms with E-state index in [4.69, 9.17) is 9.47 Å². The topological polar surface area (TPSA) is 83.2 Å². The molecule has 0 amide bonds. The highest BCUT2D eigenvalue weighted by atomic mass is 16.5. The molecule has 1 aromatic heterocycles. The molecule has 3 rings (SSSR count). The Balaban J connectivity index is 0.00000191. The predicted octanol–water partition coefficient (Wildman–Crippen LogP) is 10.1. The normalized spacial score (nSPS) is 10.1. The number of aryl methyl sites for hydroxylation is 1. The molecule has 0 unspecified atom stereocenters. The summed E-state index contributed by atoms with van der Waals surface area (Å²) in [4.78, 5) is 13.5. The summed E-state index contributed by atoms with van der Waals surface area (Å²) in [5.41, 5.74) is 4.50. The van der Waals surface area contributed by atoms with Crippen LogP contribution in [0.15, 0.2) is 60.7 Å². The first-order chi connectivity index (χ1) is 19.8. The average Bonchev–Trinajstić information content (AvgIpc) is 3.00.